The van der Waals surface area contributed by atoms with E-state index in [4.69, 9.17) is 4.74 Å². The molecule has 2 aromatic carbocycles. The molecule has 2 N–H and O–H groups in total. The molecule has 1 aromatic heterocycles. The fourth-order valence-electron chi connectivity index (χ4n) is 2.68. The number of hydrogen-bond donors (Lipinski definition) is 2. The van der Waals surface area contributed by atoms with Gasteiger partial charge in [-0.15, -0.1) is 5.10 Å². The molecular formula is C21H18N4O3S2. The minimum atomic E-state index is -0.361. The third-order valence-corrected chi connectivity index (χ3v) is 5.82. The second-order valence-corrected chi connectivity index (χ2v) is 8.53. The molecule has 1 saturated heterocycles. The van der Waals surface area contributed by atoms with Gasteiger partial charge in [0.2, 0.25) is 5.16 Å². The molecule has 1 aliphatic heterocycles. The molecule has 0 unspecified atom stereocenters. The Bertz CT molecular complexity index is 1090. The van der Waals surface area contributed by atoms with E-state index in [-0.39, 0.29) is 11.1 Å². The van der Waals surface area contributed by atoms with Gasteiger partial charge in [0.15, 0.2) is 5.82 Å². The van der Waals surface area contributed by atoms with Crippen LogP contribution in [0.5, 0.6) is 5.75 Å². The zero-order valence-electron chi connectivity index (χ0n) is 16.0. The number of rotatable bonds is 7. The van der Waals surface area contributed by atoms with Gasteiger partial charge >= 0.3 is 0 Å². The first-order chi connectivity index (χ1) is 14.6. The smallest absolute Gasteiger partial charge is 0.290 e. The van der Waals surface area contributed by atoms with Crippen molar-refractivity contribution in [2.75, 3.05) is 12.4 Å². The molecule has 1 aliphatic rings. The molecule has 0 aliphatic carbocycles. The molecule has 0 bridgehead atoms. The number of carbonyl (C=O) groups excluding carboxylic acids is 2. The molecule has 7 nitrogen and oxygen atoms in total. The second-order valence-electron chi connectivity index (χ2n) is 6.45. The molecule has 0 spiro atoms. The molecule has 4 rings (SSSR count). The summed E-state index contributed by atoms with van der Waals surface area (Å²) in [4.78, 5) is 27.7. The number of imide groups is 1. The van der Waals surface area contributed by atoms with Crippen LogP contribution in [-0.2, 0) is 4.79 Å². The van der Waals surface area contributed by atoms with Crippen molar-refractivity contribution in [3.63, 3.8) is 0 Å². The van der Waals surface area contributed by atoms with Gasteiger partial charge in [0.05, 0.1) is 11.5 Å². The fourth-order valence-corrected chi connectivity index (χ4v) is 3.97. The van der Waals surface area contributed by atoms with E-state index in [0.29, 0.717) is 22.4 Å². The maximum Gasteiger partial charge on any atom is 0.290 e. The summed E-state index contributed by atoms with van der Waals surface area (Å²) in [5.74, 6) is 1.82. The number of hydrogen-bond acceptors (Lipinski definition) is 7. The summed E-state index contributed by atoms with van der Waals surface area (Å²) in [6.45, 7) is 2.55. The van der Waals surface area contributed by atoms with Crippen molar-refractivity contribution < 1.29 is 14.3 Å². The highest BCUT2D eigenvalue weighted by atomic mass is 32.2. The van der Waals surface area contributed by atoms with Crippen molar-refractivity contribution >= 4 is 40.7 Å². The van der Waals surface area contributed by atoms with Gasteiger partial charge in [0, 0.05) is 11.3 Å². The number of amides is 2. The summed E-state index contributed by atoms with van der Waals surface area (Å²) in [7, 11) is 0. The van der Waals surface area contributed by atoms with Crippen molar-refractivity contribution in [3.8, 4) is 17.1 Å². The third-order valence-electron chi connectivity index (χ3n) is 4.19. The predicted octanol–water partition coefficient (Wildman–Crippen LogP) is 4.28. The SMILES string of the molecule is Cc1ccc(-c2nc(SCCOc3ccc(/C=C4\SC(=O)NC4=O)cc3)n[nH]2)cc1. The van der Waals surface area contributed by atoms with E-state index in [9.17, 15) is 9.59 Å². The van der Waals surface area contributed by atoms with E-state index in [1.165, 1.54) is 17.3 Å². The van der Waals surface area contributed by atoms with Crippen molar-refractivity contribution in [1.82, 2.24) is 20.5 Å². The van der Waals surface area contributed by atoms with Crippen molar-refractivity contribution in [1.29, 1.82) is 0 Å². The Labute approximate surface area is 181 Å². The van der Waals surface area contributed by atoms with Crippen LogP contribution in [0, 0.1) is 6.92 Å². The van der Waals surface area contributed by atoms with Gasteiger partial charge < -0.3 is 4.74 Å². The van der Waals surface area contributed by atoms with Crippen LogP contribution in [0.3, 0.4) is 0 Å². The van der Waals surface area contributed by atoms with Crippen molar-refractivity contribution in [3.05, 3.63) is 64.6 Å². The highest BCUT2D eigenvalue weighted by Gasteiger charge is 2.24. The molecule has 0 atom stereocenters. The lowest BCUT2D eigenvalue weighted by atomic mass is 10.1. The number of carbonyl (C=O) groups is 2. The number of ether oxygens (including phenoxy) is 1. The topological polar surface area (TPSA) is 97.0 Å². The van der Waals surface area contributed by atoms with E-state index in [2.05, 4.69) is 20.5 Å². The molecule has 30 heavy (non-hydrogen) atoms. The lowest BCUT2D eigenvalue weighted by molar-refractivity contribution is -0.115. The molecule has 0 radical (unpaired) electrons. The number of benzene rings is 2. The van der Waals surface area contributed by atoms with Crippen molar-refractivity contribution in [2.45, 2.75) is 12.1 Å². The molecule has 9 heteroatoms. The van der Waals surface area contributed by atoms with Crippen LogP contribution in [0.25, 0.3) is 17.5 Å². The Balaban J connectivity index is 1.25. The number of aromatic amines is 1. The largest absolute Gasteiger partial charge is 0.493 e. The van der Waals surface area contributed by atoms with Gasteiger partial charge in [-0.1, -0.05) is 53.7 Å². The van der Waals surface area contributed by atoms with Gasteiger partial charge in [-0.3, -0.25) is 20.0 Å². The molecule has 1 fully saturated rings. The number of aromatic nitrogens is 3. The van der Waals surface area contributed by atoms with Gasteiger partial charge in [-0.25, -0.2) is 4.98 Å². The summed E-state index contributed by atoms with van der Waals surface area (Å²) in [6.07, 6.45) is 1.68. The number of nitrogens with one attached hydrogen (secondary N) is 2. The molecule has 2 amide bonds. The van der Waals surface area contributed by atoms with Gasteiger partial charge in [-0.05, 0) is 42.5 Å². The highest BCUT2D eigenvalue weighted by molar-refractivity contribution is 8.18. The first kappa shape index (κ1) is 20.2. The minimum absolute atomic E-state index is 0.346. The lowest BCUT2D eigenvalue weighted by Crippen LogP contribution is -2.17. The van der Waals surface area contributed by atoms with Gasteiger partial charge in [0.25, 0.3) is 11.1 Å². The zero-order valence-corrected chi connectivity index (χ0v) is 17.7. The van der Waals surface area contributed by atoms with Crippen LogP contribution in [0.15, 0.2) is 58.6 Å². The fraction of sp³-hybridized carbons (Fsp3) is 0.143. The molecule has 0 saturated carbocycles. The standard InChI is InChI=1S/C21H18N4O3S2/c1-13-2-6-15(7-3-13)18-22-20(25-24-18)29-11-10-28-16-8-4-14(5-9-16)12-17-19(26)23-21(27)30-17/h2-9,12H,10-11H2,1H3,(H,22,24,25)(H,23,26,27)/b17-12-. The summed E-state index contributed by atoms with van der Waals surface area (Å²) in [5.41, 5.74) is 3.03. The quantitative estimate of drug-likeness (QED) is 0.323. The zero-order chi connectivity index (χ0) is 20.9. The van der Waals surface area contributed by atoms with Crippen LogP contribution < -0.4 is 10.1 Å². The van der Waals surface area contributed by atoms with Crippen LogP contribution in [0.4, 0.5) is 4.79 Å². The van der Waals surface area contributed by atoms with E-state index >= 15 is 0 Å². The van der Waals surface area contributed by atoms with Crippen LogP contribution in [0.1, 0.15) is 11.1 Å². The summed E-state index contributed by atoms with van der Waals surface area (Å²) in [5, 5.41) is 9.77. The first-order valence-corrected chi connectivity index (χ1v) is 11.0. The molecule has 3 aromatic rings. The predicted molar refractivity (Wildman–Crippen MR) is 118 cm³/mol. The number of nitrogens with zero attached hydrogens (tertiary/aromatic N) is 2. The Morgan fingerprint density at radius 1 is 1.10 bits per heavy atom. The maximum atomic E-state index is 11.6. The van der Waals surface area contributed by atoms with E-state index in [0.717, 1.165) is 34.5 Å². The Hall–Kier alpha value is -3.04. The van der Waals surface area contributed by atoms with E-state index in [1.54, 1.807) is 6.08 Å². The van der Waals surface area contributed by atoms with E-state index < -0.39 is 0 Å². The lowest BCUT2D eigenvalue weighted by Gasteiger charge is -2.05. The number of H-pyrrole nitrogens is 1. The minimum Gasteiger partial charge on any atom is -0.493 e. The summed E-state index contributed by atoms with van der Waals surface area (Å²) < 4.78 is 5.75. The average molecular weight is 439 g/mol. The molecule has 2 heterocycles. The van der Waals surface area contributed by atoms with Crippen LogP contribution in [-0.4, -0.2) is 38.7 Å². The van der Waals surface area contributed by atoms with Gasteiger partial charge in [0.1, 0.15) is 5.75 Å². The van der Waals surface area contributed by atoms with Gasteiger partial charge in [-0.2, -0.15) is 0 Å². The normalized spacial score (nSPS) is 14.9. The Morgan fingerprint density at radius 3 is 2.57 bits per heavy atom. The molecular weight excluding hydrogens is 420 g/mol. The molecule has 152 valence electrons. The first-order valence-electron chi connectivity index (χ1n) is 9.17. The summed E-state index contributed by atoms with van der Waals surface area (Å²) >= 11 is 2.42. The maximum absolute atomic E-state index is 11.6. The second kappa shape index (κ2) is 9.19. The Morgan fingerprint density at radius 2 is 1.87 bits per heavy atom. The summed E-state index contributed by atoms with van der Waals surface area (Å²) in [6, 6.07) is 15.5. The monoisotopic (exact) mass is 438 g/mol. The van der Waals surface area contributed by atoms with Crippen molar-refractivity contribution in [2.24, 2.45) is 0 Å². The number of aryl methyl sites for hydroxylation is 1. The average Bonchev–Trinajstić information content (AvgIpc) is 3.33. The third kappa shape index (κ3) is 5.11. The highest BCUT2D eigenvalue weighted by Crippen LogP contribution is 2.26. The van der Waals surface area contributed by atoms with E-state index in [1.807, 2.05) is 55.5 Å². The Kier molecular flexibility index (Phi) is 6.20. The van der Waals surface area contributed by atoms with Crippen LogP contribution >= 0.6 is 23.5 Å². The van der Waals surface area contributed by atoms with Crippen LogP contribution in [0.2, 0.25) is 0 Å². The number of thioether (sulfide) groups is 2.